The summed E-state index contributed by atoms with van der Waals surface area (Å²) in [7, 11) is 3.74. The number of carbonyl (C=O) groups excluding carboxylic acids is 1. The van der Waals surface area contributed by atoms with Gasteiger partial charge < -0.3 is 9.64 Å². The molecule has 3 heterocycles. The number of amides is 1. The molecule has 2 atom stereocenters. The van der Waals surface area contributed by atoms with Crippen molar-refractivity contribution in [2.45, 2.75) is 18.6 Å². The lowest BCUT2D eigenvalue weighted by molar-refractivity contribution is -0.120. The molecule has 30 heavy (non-hydrogen) atoms. The number of aromatic nitrogens is 4. The fourth-order valence-electron chi connectivity index (χ4n) is 3.44. The topological polar surface area (TPSA) is 96.4 Å². The first-order valence-corrected chi connectivity index (χ1v) is 10.5. The lowest BCUT2D eigenvalue weighted by Gasteiger charge is -2.23. The average molecular weight is 426 g/mol. The van der Waals surface area contributed by atoms with Crippen molar-refractivity contribution in [3.05, 3.63) is 54.2 Å². The minimum atomic E-state index is -0.421. The van der Waals surface area contributed by atoms with Gasteiger partial charge in [0.05, 0.1) is 6.54 Å². The molecule has 1 aliphatic heterocycles. The van der Waals surface area contributed by atoms with Crippen LogP contribution in [0.15, 0.2) is 48.7 Å². The second-order valence-corrected chi connectivity index (χ2v) is 8.14. The zero-order chi connectivity index (χ0) is 20.9. The van der Waals surface area contributed by atoms with Crippen molar-refractivity contribution < 1.29 is 9.53 Å². The predicted molar refractivity (Wildman–Crippen MR) is 115 cm³/mol. The van der Waals surface area contributed by atoms with Crippen LogP contribution in [0.4, 0.5) is 10.9 Å². The number of nitrogens with one attached hydrogen (secondary N) is 1. The minimum Gasteiger partial charge on any atom is -0.464 e. The molecule has 0 saturated carbocycles. The fraction of sp³-hybridized carbons (Fsp3) is 0.350. The molecule has 0 aliphatic carbocycles. The molecule has 4 rings (SSSR count). The van der Waals surface area contributed by atoms with Gasteiger partial charge in [-0.3, -0.25) is 15.0 Å². The summed E-state index contributed by atoms with van der Waals surface area (Å²) >= 11 is 1.23. The Balaban J connectivity index is 1.36. The Hall–Kier alpha value is -3.11. The van der Waals surface area contributed by atoms with E-state index in [9.17, 15) is 4.79 Å². The summed E-state index contributed by atoms with van der Waals surface area (Å²) in [6.45, 7) is 1.55. The summed E-state index contributed by atoms with van der Waals surface area (Å²) in [4.78, 5) is 16.8. The van der Waals surface area contributed by atoms with E-state index in [4.69, 9.17) is 4.74 Å². The van der Waals surface area contributed by atoms with E-state index in [1.165, 1.54) is 11.3 Å². The second-order valence-electron chi connectivity index (χ2n) is 7.20. The van der Waals surface area contributed by atoms with Gasteiger partial charge in [-0.05, 0) is 43.1 Å². The molecule has 1 amide bonds. The Morgan fingerprint density at radius 3 is 2.77 bits per heavy atom. The summed E-state index contributed by atoms with van der Waals surface area (Å²) in [5.74, 6) is 0.674. The van der Waals surface area contributed by atoms with Crippen molar-refractivity contribution in [3.63, 3.8) is 0 Å². The van der Waals surface area contributed by atoms with E-state index in [0.29, 0.717) is 16.9 Å². The molecular formula is C20H23N7O2S. The first kappa shape index (κ1) is 20.2. The van der Waals surface area contributed by atoms with Gasteiger partial charge in [0.15, 0.2) is 5.82 Å². The first-order chi connectivity index (χ1) is 14.6. The predicted octanol–water partition coefficient (Wildman–Crippen LogP) is 2.23. The van der Waals surface area contributed by atoms with Crippen LogP contribution in [0.1, 0.15) is 18.0 Å². The number of rotatable bonds is 7. The molecule has 1 saturated heterocycles. The number of anilines is 2. The van der Waals surface area contributed by atoms with Crippen molar-refractivity contribution in [3.8, 4) is 5.19 Å². The van der Waals surface area contributed by atoms with Crippen LogP contribution in [0.2, 0.25) is 0 Å². The number of hydrogen-bond donors (Lipinski definition) is 1. The third-order valence-electron chi connectivity index (χ3n) is 4.81. The van der Waals surface area contributed by atoms with Gasteiger partial charge in [-0.1, -0.05) is 35.4 Å². The summed E-state index contributed by atoms with van der Waals surface area (Å²) in [6, 6.07) is 13.0. The summed E-state index contributed by atoms with van der Waals surface area (Å²) in [5.41, 5.74) is 0.913. The third kappa shape index (κ3) is 4.71. The van der Waals surface area contributed by atoms with Crippen molar-refractivity contribution in [2.24, 2.45) is 0 Å². The quantitative estimate of drug-likeness (QED) is 0.616. The molecule has 156 valence electrons. The van der Waals surface area contributed by atoms with Gasteiger partial charge in [0.2, 0.25) is 11.0 Å². The van der Waals surface area contributed by atoms with Crippen LogP contribution in [-0.4, -0.2) is 64.5 Å². The van der Waals surface area contributed by atoms with Gasteiger partial charge in [0, 0.05) is 19.2 Å². The smallest absolute Gasteiger partial charge is 0.296 e. The molecule has 3 aromatic rings. The van der Waals surface area contributed by atoms with E-state index in [2.05, 4.69) is 30.6 Å². The van der Waals surface area contributed by atoms with E-state index in [0.717, 1.165) is 24.3 Å². The minimum absolute atomic E-state index is 0.0117. The fourth-order valence-corrected chi connectivity index (χ4v) is 4.10. The number of ether oxygens (including phenoxy) is 1. The van der Waals surface area contributed by atoms with E-state index in [1.807, 2.05) is 61.5 Å². The summed E-state index contributed by atoms with van der Waals surface area (Å²) in [6.07, 6.45) is 2.50. The van der Waals surface area contributed by atoms with Gasteiger partial charge in [0.1, 0.15) is 12.1 Å². The Bertz CT molecular complexity index is 968. The number of benzene rings is 1. The molecule has 0 bridgehead atoms. The second kappa shape index (κ2) is 9.14. The highest BCUT2D eigenvalue weighted by atomic mass is 32.1. The van der Waals surface area contributed by atoms with Crippen LogP contribution in [0, 0.1) is 0 Å². The van der Waals surface area contributed by atoms with Crippen molar-refractivity contribution in [1.29, 1.82) is 0 Å². The van der Waals surface area contributed by atoms with E-state index >= 15 is 0 Å². The molecule has 0 unspecified atom stereocenters. The van der Waals surface area contributed by atoms with Crippen LogP contribution < -0.4 is 15.0 Å². The van der Waals surface area contributed by atoms with Gasteiger partial charge in [0.25, 0.3) is 5.19 Å². The highest BCUT2D eigenvalue weighted by Gasteiger charge is 2.27. The molecular weight excluding hydrogens is 402 g/mol. The van der Waals surface area contributed by atoms with E-state index in [1.54, 1.807) is 6.20 Å². The van der Waals surface area contributed by atoms with E-state index < -0.39 is 6.04 Å². The monoisotopic (exact) mass is 425 g/mol. The Kier molecular flexibility index (Phi) is 6.15. The zero-order valence-corrected chi connectivity index (χ0v) is 17.6. The lowest BCUT2D eigenvalue weighted by Crippen LogP contribution is -2.32. The molecule has 1 aliphatic rings. The normalized spacial score (nSPS) is 17.2. The zero-order valence-electron chi connectivity index (χ0n) is 16.8. The molecule has 1 aromatic carbocycles. The standard InChI is InChI=1S/C20H23N7O2S/c1-26(2)17(14-7-4-3-5-8-14)18(28)22-19-24-25-20(30-19)29-15-10-12-27(13-15)16-9-6-11-21-23-16/h3-9,11,15,17H,10,12-13H2,1-2H3,(H,22,24,28)/t15-,17+/m1/s1. The first-order valence-electron chi connectivity index (χ1n) is 9.65. The van der Waals surface area contributed by atoms with Gasteiger partial charge in [-0.15, -0.1) is 10.2 Å². The Morgan fingerprint density at radius 2 is 2.03 bits per heavy atom. The van der Waals surface area contributed by atoms with Crippen molar-refractivity contribution in [2.75, 3.05) is 37.4 Å². The maximum atomic E-state index is 12.8. The van der Waals surface area contributed by atoms with E-state index in [-0.39, 0.29) is 12.0 Å². The molecule has 10 heteroatoms. The lowest BCUT2D eigenvalue weighted by atomic mass is 10.1. The maximum absolute atomic E-state index is 12.8. The van der Waals surface area contributed by atoms with Gasteiger partial charge in [-0.25, -0.2) is 0 Å². The van der Waals surface area contributed by atoms with Crippen LogP contribution in [0.3, 0.4) is 0 Å². The highest BCUT2D eigenvalue weighted by molar-refractivity contribution is 7.17. The van der Waals surface area contributed by atoms with Gasteiger partial charge >= 0.3 is 0 Å². The summed E-state index contributed by atoms with van der Waals surface area (Å²) in [5, 5.41) is 19.9. The van der Waals surface area contributed by atoms with Crippen LogP contribution in [0.25, 0.3) is 0 Å². The van der Waals surface area contributed by atoms with Crippen LogP contribution in [0.5, 0.6) is 5.19 Å². The SMILES string of the molecule is CN(C)[C@H](C(=O)Nc1nnc(O[C@@H]2CCN(c3cccnn3)C2)s1)c1ccccc1. The largest absolute Gasteiger partial charge is 0.464 e. The number of likely N-dealkylation sites (N-methyl/N-ethyl adjacent to an activating group) is 1. The van der Waals surface area contributed by atoms with Gasteiger partial charge in [-0.2, -0.15) is 5.10 Å². The Labute approximate surface area is 178 Å². The number of nitrogens with zero attached hydrogens (tertiary/aromatic N) is 6. The van der Waals surface area contributed by atoms with Crippen molar-refractivity contribution in [1.82, 2.24) is 25.3 Å². The van der Waals surface area contributed by atoms with Crippen LogP contribution in [-0.2, 0) is 4.79 Å². The molecule has 2 aromatic heterocycles. The molecule has 1 fully saturated rings. The van der Waals surface area contributed by atoms with Crippen molar-refractivity contribution >= 4 is 28.2 Å². The maximum Gasteiger partial charge on any atom is 0.296 e. The third-order valence-corrected chi connectivity index (χ3v) is 5.54. The number of hydrogen-bond acceptors (Lipinski definition) is 9. The molecule has 9 nitrogen and oxygen atoms in total. The average Bonchev–Trinajstić information content (AvgIpc) is 3.39. The molecule has 0 radical (unpaired) electrons. The molecule has 1 N–H and O–H groups in total. The van der Waals surface area contributed by atoms with Crippen LogP contribution >= 0.6 is 11.3 Å². The summed E-state index contributed by atoms with van der Waals surface area (Å²) < 4.78 is 5.98. The highest BCUT2D eigenvalue weighted by Crippen LogP contribution is 2.28. The Morgan fingerprint density at radius 1 is 1.20 bits per heavy atom. The molecule has 0 spiro atoms. The number of carbonyl (C=O) groups is 1.